The van der Waals surface area contributed by atoms with Crippen LogP contribution in [-0.4, -0.2) is 4.98 Å². The minimum Gasteiger partial charge on any atom is -0.448 e. The molecule has 2 atom stereocenters. The summed E-state index contributed by atoms with van der Waals surface area (Å²) in [7, 11) is 0. The van der Waals surface area contributed by atoms with Crippen molar-refractivity contribution < 1.29 is 9.47 Å². The van der Waals surface area contributed by atoms with E-state index in [0.717, 1.165) is 34.3 Å². The first-order chi connectivity index (χ1) is 13.3. The largest absolute Gasteiger partial charge is 0.448 e. The van der Waals surface area contributed by atoms with Crippen LogP contribution in [0.1, 0.15) is 29.0 Å². The molecule has 0 spiro atoms. The van der Waals surface area contributed by atoms with E-state index in [4.69, 9.17) is 9.47 Å². The zero-order valence-electron chi connectivity index (χ0n) is 14.6. The first-order valence-electron chi connectivity index (χ1n) is 9.23. The van der Waals surface area contributed by atoms with Crippen LogP contribution in [0.5, 0.6) is 11.5 Å². The minimum absolute atomic E-state index is 0.233. The summed E-state index contributed by atoms with van der Waals surface area (Å²) >= 11 is 0. The van der Waals surface area contributed by atoms with Crippen molar-refractivity contribution in [1.29, 1.82) is 0 Å². The molecule has 4 aromatic rings. The second-order valence-corrected chi connectivity index (χ2v) is 7.20. The molecule has 2 aliphatic heterocycles. The van der Waals surface area contributed by atoms with Gasteiger partial charge in [0.05, 0.1) is 0 Å². The van der Waals surface area contributed by atoms with Gasteiger partial charge in [-0.25, -0.2) is 0 Å². The van der Waals surface area contributed by atoms with Crippen molar-refractivity contribution in [3.8, 4) is 11.5 Å². The predicted octanol–water partition coefficient (Wildman–Crippen LogP) is 5.39. The summed E-state index contributed by atoms with van der Waals surface area (Å²) in [6.07, 6.45) is 4.46. The molecule has 27 heavy (non-hydrogen) atoms. The van der Waals surface area contributed by atoms with Crippen LogP contribution in [0.4, 0.5) is 0 Å². The van der Waals surface area contributed by atoms with E-state index in [-0.39, 0.29) is 5.92 Å². The molecule has 3 heteroatoms. The maximum atomic E-state index is 6.70. The predicted molar refractivity (Wildman–Crippen MR) is 104 cm³/mol. The van der Waals surface area contributed by atoms with Gasteiger partial charge in [0.15, 0.2) is 0 Å². The summed E-state index contributed by atoms with van der Waals surface area (Å²) in [5.41, 5.74) is 3.49. The number of para-hydroxylation sites is 1. The number of rotatable bonds is 1. The van der Waals surface area contributed by atoms with E-state index in [9.17, 15) is 0 Å². The molecular weight excluding hydrogens is 334 g/mol. The van der Waals surface area contributed by atoms with Gasteiger partial charge in [-0.3, -0.25) is 4.98 Å². The van der Waals surface area contributed by atoms with E-state index in [1.54, 1.807) is 0 Å². The fourth-order valence-corrected chi connectivity index (χ4v) is 4.44. The molecule has 0 saturated heterocycles. The van der Waals surface area contributed by atoms with Gasteiger partial charge in [-0.05, 0) is 12.1 Å². The number of hydrogen-bond acceptors (Lipinski definition) is 3. The molecule has 2 bridgehead atoms. The average Bonchev–Trinajstić information content (AvgIpc) is 2.74. The lowest BCUT2D eigenvalue weighted by Crippen LogP contribution is -2.46. The Kier molecular flexibility index (Phi) is 2.92. The van der Waals surface area contributed by atoms with Crippen molar-refractivity contribution in [3.05, 3.63) is 102 Å². The van der Waals surface area contributed by atoms with Crippen LogP contribution in [0.15, 0.2) is 85.2 Å². The normalized spacial score (nSPS) is 22.3. The Morgan fingerprint density at radius 2 is 1.67 bits per heavy atom. The second-order valence-electron chi connectivity index (χ2n) is 7.20. The van der Waals surface area contributed by atoms with Crippen molar-refractivity contribution >= 4 is 10.8 Å². The Balaban J connectivity index is 1.67. The Bertz CT molecular complexity index is 1170. The standard InChI is InChI=1S/C24H17NO2/c1-2-6-17(7-3-1)24-14-21(19-8-4-5-9-22(19)26-24)20-11-10-16-15-25-13-12-18(16)23(20)27-24/h1-13,15,21H,14H2/t21-,24-/m1/s1. The summed E-state index contributed by atoms with van der Waals surface area (Å²) in [6, 6.07) is 24.9. The molecule has 0 unspecified atom stereocenters. The van der Waals surface area contributed by atoms with Crippen molar-refractivity contribution in [1.82, 2.24) is 4.98 Å². The van der Waals surface area contributed by atoms with Crippen molar-refractivity contribution in [2.24, 2.45) is 0 Å². The van der Waals surface area contributed by atoms with Gasteiger partial charge in [-0.1, -0.05) is 60.7 Å². The lowest BCUT2D eigenvalue weighted by Gasteiger charge is -2.46. The number of aromatic nitrogens is 1. The molecule has 2 aliphatic rings. The van der Waals surface area contributed by atoms with Crippen molar-refractivity contribution in [2.45, 2.75) is 18.1 Å². The van der Waals surface area contributed by atoms with Gasteiger partial charge in [-0.2, -0.15) is 0 Å². The highest BCUT2D eigenvalue weighted by Crippen LogP contribution is 2.56. The van der Waals surface area contributed by atoms with Gasteiger partial charge in [0.2, 0.25) is 0 Å². The zero-order valence-corrected chi connectivity index (χ0v) is 14.6. The summed E-state index contributed by atoms with van der Waals surface area (Å²) in [4.78, 5) is 4.26. The van der Waals surface area contributed by atoms with Crippen LogP contribution in [0.25, 0.3) is 10.8 Å². The number of benzene rings is 3. The minimum atomic E-state index is -0.815. The summed E-state index contributed by atoms with van der Waals surface area (Å²) < 4.78 is 13.2. The molecular formula is C24H17NO2. The van der Waals surface area contributed by atoms with E-state index < -0.39 is 5.79 Å². The SMILES string of the molecule is c1ccc([C@]23C[C@H](c4ccccc4O2)c2ccc4cnccc4c2O3)cc1. The van der Waals surface area contributed by atoms with Crippen molar-refractivity contribution in [2.75, 3.05) is 0 Å². The molecule has 0 amide bonds. The Hall–Kier alpha value is -3.33. The van der Waals surface area contributed by atoms with E-state index in [2.05, 4.69) is 41.4 Å². The van der Waals surface area contributed by atoms with Gasteiger partial charge in [0.25, 0.3) is 5.79 Å². The molecule has 1 aromatic heterocycles. The highest BCUT2D eigenvalue weighted by atomic mass is 16.7. The molecule has 0 saturated carbocycles. The monoisotopic (exact) mass is 351 g/mol. The van der Waals surface area contributed by atoms with Crippen LogP contribution >= 0.6 is 0 Å². The molecule has 130 valence electrons. The average molecular weight is 351 g/mol. The molecule has 3 nitrogen and oxygen atoms in total. The molecule has 0 N–H and O–H groups in total. The third-order valence-electron chi connectivity index (χ3n) is 5.70. The number of nitrogens with zero attached hydrogens (tertiary/aromatic N) is 1. The van der Waals surface area contributed by atoms with Gasteiger partial charge in [-0.15, -0.1) is 0 Å². The number of fused-ring (bicyclic) bond motifs is 8. The molecule has 3 aromatic carbocycles. The highest BCUT2D eigenvalue weighted by molar-refractivity contribution is 5.89. The molecule has 0 radical (unpaired) electrons. The fourth-order valence-electron chi connectivity index (χ4n) is 4.44. The molecule has 3 heterocycles. The maximum Gasteiger partial charge on any atom is 0.278 e. The summed E-state index contributed by atoms with van der Waals surface area (Å²) in [5, 5.41) is 2.16. The van der Waals surface area contributed by atoms with E-state index >= 15 is 0 Å². The fraction of sp³-hybridized carbons (Fsp3) is 0.125. The lowest BCUT2D eigenvalue weighted by molar-refractivity contribution is -0.147. The Morgan fingerprint density at radius 1 is 0.815 bits per heavy atom. The number of ether oxygens (including phenoxy) is 2. The first-order valence-corrected chi connectivity index (χ1v) is 9.23. The van der Waals surface area contributed by atoms with Crippen LogP contribution < -0.4 is 9.47 Å². The third kappa shape index (κ3) is 2.05. The summed E-state index contributed by atoms with van der Waals surface area (Å²) in [6.45, 7) is 0. The second kappa shape index (κ2) is 5.34. The molecule has 0 aliphatic carbocycles. The zero-order chi connectivity index (χ0) is 17.8. The van der Waals surface area contributed by atoms with Crippen LogP contribution in [0.3, 0.4) is 0 Å². The van der Waals surface area contributed by atoms with Gasteiger partial charge in [0.1, 0.15) is 11.5 Å². The van der Waals surface area contributed by atoms with Gasteiger partial charge < -0.3 is 9.47 Å². The lowest BCUT2D eigenvalue weighted by atomic mass is 9.78. The van der Waals surface area contributed by atoms with Crippen LogP contribution in [0.2, 0.25) is 0 Å². The molecule has 0 fully saturated rings. The van der Waals surface area contributed by atoms with Crippen LogP contribution in [0, 0.1) is 0 Å². The van der Waals surface area contributed by atoms with E-state index in [1.807, 2.05) is 48.8 Å². The number of hydrogen-bond donors (Lipinski definition) is 0. The topological polar surface area (TPSA) is 31.4 Å². The van der Waals surface area contributed by atoms with Gasteiger partial charge >= 0.3 is 0 Å². The van der Waals surface area contributed by atoms with Crippen LogP contribution in [-0.2, 0) is 5.79 Å². The molecule has 6 rings (SSSR count). The highest BCUT2D eigenvalue weighted by Gasteiger charge is 2.49. The first kappa shape index (κ1) is 14.8. The maximum absolute atomic E-state index is 6.70. The van der Waals surface area contributed by atoms with E-state index in [1.165, 1.54) is 11.1 Å². The quantitative estimate of drug-likeness (QED) is 0.460. The summed E-state index contributed by atoms with van der Waals surface area (Å²) in [5.74, 6) is 1.23. The third-order valence-corrected chi connectivity index (χ3v) is 5.70. The van der Waals surface area contributed by atoms with E-state index in [0.29, 0.717) is 0 Å². The smallest absolute Gasteiger partial charge is 0.278 e. The van der Waals surface area contributed by atoms with Gasteiger partial charge in [0, 0.05) is 52.2 Å². The Labute approximate surface area is 157 Å². The number of pyridine rings is 1. The Morgan fingerprint density at radius 3 is 2.59 bits per heavy atom. The van der Waals surface area contributed by atoms with Crippen molar-refractivity contribution in [3.63, 3.8) is 0 Å².